The Balaban J connectivity index is 2.03. The summed E-state index contributed by atoms with van der Waals surface area (Å²) in [6, 6.07) is 7.03. The molecule has 1 aliphatic heterocycles. The molecule has 2 atom stereocenters. The van der Waals surface area contributed by atoms with E-state index in [1.54, 1.807) is 17.9 Å². The monoisotopic (exact) mass is 285 g/mol. The van der Waals surface area contributed by atoms with E-state index in [0.717, 1.165) is 18.4 Å². The van der Waals surface area contributed by atoms with Gasteiger partial charge in [0.15, 0.2) is 0 Å². The summed E-state index contributed by atoms with van der Waals surface area (Å²) >= 11 is 0. The number of hydrogen-bond donors (Lipinski definition) is 1. The molecule has 4 heteroatoms. The van der Waals surface area contributed by atoms with Crippen LogP contribution in [0.1, 0.15) is 48.5 Å². The lowest BCUT2D eigenvalue weighted by Crippen LogP contribution is -2.52. The summed E-state index contributed by atoms with van der Waals surface area (Å²) in [5, 5.41) is 9.65. The van der Waals surface area contributed by atoms with Crippen LogP contribution < -0.4 is 0 Å². The summed E-state index contributed by atoms with van der Waals surface area (Å²) in [6.45, 7) is 5.79. The van der Waals surface area contributed by atoms with Gasteiger partial charge in [0.25, 0.3) is 5.91 Å². The minimum Gasteiger partial charge on any atom is -0.481 e. The minimum atomic E-state index is -0.904. The van der Waals surface area contributed by atoms with Gasteiger partial charge in [0.1, 0.15) is 0 Å². The molecule has 4 nitrogen and oxygen atoms in total. The van der Waals surface area contributed by atoms with Crippen LogP contribution in [-0.4, -0.2) is 27.9 Å². The second-order valence-electron chi connectivity index (χ2n) is 6.15. The van der Waals surface area contributed by atoms with Gasteiger partial charge < -0.3 is 10.0 Å². The summed E-state index contributed by atoms with van der Waals surface area (Å²) in [7, 11) is 0. The Morgan fingerprint density at radius 1 is 1.33 bits per heavy atom. The summed E-state index contributed by atoms with van der Waals surface area (Å²) in [5.41, 5.74) is 1.18. The SMILES string of the molecule is C=C1c2ccccc2C(=O)N1C1CCCCC1(C)C(=O)O. The predicted octanol–water partition coefficient (Wildman–Crippen LogP) is 3.15. The fourth-order valence-corrected chi connectivity index (χ4v) is 3.61. The van der Waals surface area contributed by atoms with Gasteiger partial charge in [0.05, 0.1) is 11.5 Å². The molecule has 1 aromatic rings. The van der Waals surface area contributed by atoms with Crippen molar-refractivity contribution in [3.8, 4) is 0 Å². The maximum atomic E-state index is 12.7. The fourth-order valence-electron chi connectivity index (χ4n) is 3.61. The largest absolute Gasteiger partial charge is 0.481 e. The van der Waals surface area contributed by atoms with Crippen molar-refractivity contribution in [2.75, 3.05) is 0 Å². The number of benzene rings is 1. The van der Waals surface area contributed by atoms with Crippen molar-refractivity contribution in [3.05, 3.63) is 42.0 Å². The standard InChI is InChI=1S/C17H19NO3/c1-11-12-7-3-4-8-13(12)15(19)18(11)14-9-5-6-10-17(14,2)16(20)21/h3-4,7-8,14H,1,5-6,9-10H2,2H3,(H,20,21). The molecule has 110 valence electrons. The Morgan fingerprint density at radius 2 is 2.00 bits per heavy atom. The zero-order chi connectivity index (χ0) is 15.2. The second-order valence-corrected chi connectivity index (χ2v) is 6.15. The number of carbonyl (C=O) groups excluding carboxylic acids is 1. The third kappa shape index (κ3) is 1.89. The van der Waals surface area contributed by atoms with Crippen LogP contribution in [0.3, 0.4) is 0 Å². The maximum Gasteiger partial charge on any atom is 0.311 e. The van der Waals surface area contributed by atoms with Crippen LogP contribution in [-0.2, 0) is 4.79 Å². The molecule has 3 rings (SSSR count). The predicted molar refractivity (Wildman–Crippen MR) is 79.6 cm³/mol. The lowest BCUT2D eigenvalue weighted by atomic mass is 9.71. The molecule has 1 heterocycles. The summed E-state index contributed by atoms with van der Waals surface area (Å²) in [6.07, 6.45) is 3.14. The zero-order valence-corrected chi connectivity index (χ0v) is 12.1. The first-order valence-electron chi connectivity index (χ1n) is 7.32. The molecule has 1 aliphatic carbocycles. The maximum absolute atomic E-state index is 12.7. The molecule has 1 N–H and O–H groups in total. The zero-order valence-electron chi connectivity index (χ0n) is 12.1. The van der Waals surface area contributed by atoms with Crippen LogP contribution in [0.5, 0.6) is 0 Å². The van der Waals surface area contributed by atoms with Gasteiger partial charge in [0.2, 0.25) is 0 Å². The van der Waals surface area contributed by atoms with Crippen molar-refractivity contribution in [2.24, 2.45) is 5.41 Å². The van der Waals surface area contributed by atoms with Gasteiger partial charge >= 0.3 is 5.97 Å². The van der Waals surface area contributed by atoms with Crippen molar-refractivity contribution < 1.29 is 14.7 Å². The summed E-state index contributed by atoms with van der Waals surface area (Å²) < 4.78 is 0. The molecule has 0 aromatic heterocycles. The lowest BCUT2D eigenvalue weighted by Gasteiger charge is -2.43. The van der Waals surface area contributed by atoms with Gasteiger partial charge in [-0.05, 0) is 25.8 Å². The first-order chi connectivity index (χ1) is 9.97. The number of rotatable bonds is 2. The normalized spacial score (nSPS) is 28.6. The summed E-state index contributed by atoms with van der Waals surface area (Å²) in [4.78, 5) is 26.1. The molecule has 1 saturated carbocycles. The average Bonchev–Trinajstić information content (AvgIpc) is 2.72. The molecule has 0 bridgehead atoms. The average molecular weight is 285 g/mol. The van der Waals surface area contributed by atoms with Crippen LogP contribution in [0, 0.1) is 5.41 Å². The quantitative estimate of drug-likeness (QED) is 0.908. The van der Waals surface area contributed by atoms with Gasteiger partial charge in [0, 0.05) is 16.8 Å². The molecule has 1 fully saturated rings. The molecule has 1 amide bonds. The number of amides is 1. The molecular weight excluding hydrogens is 266 g/mol. The van der Waals surface area contributed by atoms with Crippen LogP contribution in [0.4, 0.5) is 0 Å². The third-order valence-electron chi connectivity index (χ3n) is 4.94. The molecule has 1 aromatic carbocycles. The first-order valence-corrected chi connectivity index (χ1v) is 7.32. The molecule has 0 saturated heterocycles. The van der Waals surface area contributed by atoms with Crippen molar-refractivity contribution in [1.29, 1.82) is 0 Å². The molecule has 2 unspecified atom stereocenters. The summed E-state index contributed by atoms with van der Waals surface area (Å²) in [5.74, 6) is -0.946. The smallest absolute Gasteiger partial charge is 0.311 e. The number of hydrogen-bond acceptors (Lipinski definition) is 2. The Bertz CT molecular complexity index is 602. The number of carboxylic acid groups (broad SMARTS) is 1. The molecule has 0 spiro atoms. The topological polar surface area (TPSA) is 57.6 Å². The van der Waals surface area contributed by atoms with Crippen molar-refractivity contribution in [1.82, 2.24) is 4.90 Å². The second kappa shape index (κ2) is 4.72. The van der Waals surface area contributed by atoms with Crippen molar-refractivity contribution >= 4 is 17.6 Å². The van der Waals surface area contributed by atoms with Crippen molar-refractivity contribution in [2.45, 2.75) is 38.6 Å². The van der Waals surface area contributed by atoms with Gasteiger partial charge in [-0.15, -0.1) is 0 Å². The van der Waals surface area contributed by atoms with E-state index in [2.05, 4.69) is 6.58 Å². The molecule has 21 heavy (non-hydrogen) atoms. The van der Waals surface area contributed by atoms with E-state index >= 15 is 0 Å². The van der Waals surface area contributed by atoms with Crippen LogP contribution >= 0.6 is 0 Å². The van der Waals surface area contributed by atoms with Gasteiger partial charge in [-0.3, -0.25) is 9.59 Å². The van der Waals surface area contributed by atoms with E-state index in [0.29, 0.717) is 24.1 Å². The Labute approximate surface area is 124 Å². The van der Waals surface area contributed by atoms with Gasteiger partial charge in [-0.2, -0.15) is 0 Å². The Morgan fingerprint density at radius 3 is 2.62 bits per heavy atom. The van der Waals surface area contributed by atoms with E-state index < -0.39 is 11.4 Å². The van der Waals surface area contributed by atoms with Crippen LogP contribution in [0.25, 0.3) is 5.70 Å². The minimum absolute atomic E-state index is 0.116. The van der Waals surface area contributed by atoms with E-state index in [-0.39, 0.29) is 11.9 Å². The van der Waals surface area contributed by atoms with Crippen LogP contribution in [0.2, 0.25) is 0 Å². The third-order valence-corrected chi connectivity index (χ3v) is 4.94. The first kappa shape index (κ1) is 13.9. The fraction of sp³-hybridized carbons (Fsp3) is 0.412. The number of carbonyl (C=O) groups is 2. The molecule has 2 aliphatic rings. The van der Waals surface area contributed by atoms with Gasteiger partial charge in [-0.1, -0.05) is 37.6 Å². The highest BCUT2D eigenvalue weighted by atomic mass is 16.4. The van der Waals surface area contributed by atoms with E-state index in [9.17, 15) is 14.7 Å². The molecular formula is C17H19NO3. The Kier molecular flexibility index (Phi) is 3.12. The van der Waals surface area contributed by atoms with Crippen LogP contribution in [0.15, 0.2) is 30.8 Å². The highest BCUT2D eigenvalue weighted by Gasteiger charge is 2.50. The van der Waals surface area contributed by atoms with Gasteiger partial charge in [-0.25, -0.2) is 0 Å². The highest BCUT2D eigenvalue weighted by Crippen LogP contribution is 2.45. The number of carboxylic acids is 1. The molecule has 0 radical (unpaired) electrons. The lowest BCUT2D eigenvalue weighted by molar-refractivity contribution is -0.153. The highest BCUT2D eigenvalue weighted by molar-refractivity contribution is 6.09. The number of fused-ring (bicyclic) bond motifs is 1. The van der Waals surface area contributed by atoms with E-state index in [1.165, 1.54) is 0 Å². The van der Waals surface area contributed by atoms with E-state index in [4.69, 9.17) is 0 Å². The van der Waals surface area contributed by atoms with E-state index in [1.807, 2.05) is 18.2 Å². The van der Waals surface area contributed by atoms with Crippen molar-refractivity contribution in [3.63, 3.8) is 0 Å². The number of nitrogens with zero attached hydrogens (tertiary/aromatic N) is 1. The number of aliphatic carboxylic acids is 1. The Hall–Kier alpha value is -2.10.